The third kappa shape index (κ3) is 7.57. The van der Waals surface area contributed by atoms with Crippen molar-refractivity contribution in [1.82, 2.24) is 10.2 Å². The molecule has 0 aliphatic heterocycles. The van der Waals surface area contributed by atoms with Gasteiger partial charge in [-0.1, -0.05) is 74.0 Å². The normalized spacial score (nSPS) is 12.1. The number of anilines is 1. The molecule has 2 amide bonds. The van der Waals surface area contributed by atoms with Crippen LogP contribution in [0.25, 0.3) is 0 Å². The number of rotatable bonds is 11. The van der Waals surface area contributed by atoms with E-state index in [9.17, 15) is 18.0 Å². The standard InChI is InChI=1S/C28H32ClN3O4S/c1-21(2)18-30-28(34)22(3)31(19-23-11-10-12-24(29)17-23)27(33)20-32(25-13-6-4-7-14-25)37(35,36)26-15-8-5-9-16-26/h4-17,21-22H,18-20H2,1-3H3,(H,30,34)/t22-/m1/s1. The van der Waals surface area contributed by atoms with Crippen molar-refractivity contribution in [3.05, 3.63) is 95.5 Å². The van der Waals surface area contributed by atoms with Crippen molar-refractivity contribution < 1.29 is 18.0 Å². The van der Waals surface area contributed by atoms with Gasteiger partial charge in [-0.05, 0) is 54.8 Å². The van der Waals surface area contributed by atoms with Gasteiger partial charge in [0.05, 0.1) is 10.6 Å². The fraction of sp³-hybridized carbons (Fsp3) is 0.286. The summed E-state index contributed by atoms with van der Waals surface area (Å²) >= 11 is 6.16. The summed E-state index contributed by atoms with van der Waals surface area (Å²) in [5.74, 6) is -0.602. The molecule has 0 saturated heterocycles. The van der Waals surface area contributed by atoms with Gasteiger partial charge < -0.3 is 10.2 Å². The first-order valence-electron chi connectivity index (χ1n) is 12.0. The molecule has 1 atom stereocenters. The van der Waals surface area contributed by atoms with E-state index in [4.69, 9.17) is 11.6 Å². The first kappa shape index (κ1) is 28.2. The van der Waals surface area contributed by atoms with E-state index in [1.165, 1.54) is 17.0 Å². The molecule has 7 nitrogen and oxygen atoms in total. The summed E-state index contributed by atoms with van der Waals surface area (Å²) in [6.07, 6.45) is 0. The first-order chi connectivity index (χ1) is 17.6. The average Bonchev–Trinajstić information content (AvgIpc) is 2.89. The highest BCUT2D eigenvalue weighted by Crippen LogP contribution is 2.24. The Balaban J connectivity index is 1.97. The van der Waals surface area contributed by atoms with Crippen LogP contribution in [0.1, 0.15) is 26.3 Å². The predicted molar refractivity (Wildman–Crippen MR) is 147 cm³/mol. The Kier molecular flexibility index (Phi) is 9.72. The van der Waals surface area contributed by atoms with Gasteiger partial charge in [0.25, 0.3) is 10.0 Å². The molecule has 0 aromatic heterocycles. The molecular formula is C28H32ClN3O4S. The van der Waals surface area contributed by atoms with Gasteiger partial charge in [-0.15, -0.1) is 0 Å². The average molecular weight is 542 g/mol. The second kappa shape index (κ2) is 12.7. The quantitative estimate of drug-likeness (QED) is 0.380. The SMILES string of the molecule is CC(C)CNC(=O)[C@@H](C)N(Cc1cccc(Cl)c1)C(=O)CN(c1ccccc1)S(=O)(=O)c1ccccc1. The molecule has 196 valence electrons. The maximum Gasteiger partial charge on any atom is 0.264 e. The Bertz CT molecular complexity index is 1300. The van der Waals surface area contributed by atoms with E-state index in [-0.39, 0.29) is 23.3 Å². The van der Waals surface area contributed by atoms with Crippen LogP contribution in [-0.2, 0) is 26.2 Å². The van der Waals surface area contributed by atoms with Gasteiger partial charge in [0, 0.05) is 18.1 Å². The lowest BCUT2D eigenvalue weighted by Gasteiger charge is -2.32. The highest BCUT2D eigenvalue weighted by atomic mass is 35.5. The van der Waals surface area contributed by atoms with E-state index in [1.807, 2.05) is 13.8 Å². The van der Waals surface area contributed by atoms with Gasteiger partial charge in [0.2, 0.25) is 11.8 Å². The molecule has 3 rings (SSSR count). The van der Waals surface area contributed by atoms with Crippen LogP contribution in [0.5, 0.6) is 0 Å². The Labute approximate surface area is 224 Å². The summed E-state index contributed by atoms with van der Waals surface area (Å²) in [4.78, 5) is 28.2. The lowest BCUT2D eigenvalue weighted by molar-refractivity contribution is -0.139. The van der Waals surface area contributed by atoms with Crippen LogP contribution >= 0.6 is 11.6 Å². The van der Waals surface area contributed by atoms with Crippen molar-refractivity contribution >= 4 is 39.1 Å². The number of amides is 2. The number of hydrogen-bond acceptors (Lipinski definition) is 4. The topological polar surface area (TPSA) is 86.8 Å². The van der Waals surface area contributed by atoms with Gasteiger partial charge in [-0.2, -0.15) is 0 Å². The molecule has 0 unspecified atom stereocenters. The van der Waals surface area contributed by atoms with Crippen molar-refractivity contribution in [2.45, 2.75) is 38.3 Å². The second-order valence-electron chi connectivity index (χ2n) is 9.13. The Morgan fingerprint density at radius 2 is 1.51 bits per heavy atom. The lowest BCUT2D eigenvalue weighted by Crippen LogP contribution is -2.51. The van der Waals surface area contributed by atoms with Crippen molar-refractivity contribution in [2.75, 3.05) is 17.4 Å². The molecule has 0 aliphatic carbocycles. The fourth-order valence-corrected chi connectivity index (χ4v) is 5.36. The summed E-state index contributed by atoms with van der Waals surface area (Å²) in [5.41, 5.74) is 1.07. The monoisotopic (exact) mass is 541 g/mol. The van der Waals surface area contributed by atoms with Crippen LogP contribution in [0, 0.1) is 5.92 Å². The summed E-state index contributed by atoms with van der Waals surface area (Å²) < 4.78 is 28.3. The summed E-state index contributed by atoms with van der Waals surface area (Å²) in [5, 5.41) is 3.36. The highest BCUT2D eigenvalue weighted by Gasteiger charge is 2.32. The highest BCUT2D eigenvalue weighted by molar-refractivity contribution is 7.92. The number of hydrogen-bond donors (Lipinski definition) is 1. The molecule has 37 heavy (non-hydrogen) atoms. The van der Waals surface area contributed by atoms with Gasteiger partial charge in [-0.25, -0.2) is 8.42 Å². The smallest absolute Gasteiger partial charge is 0.264 e. The van der Waals surface area contributed by atoms with Crippen LogP contribution in [0.3, 0.4) is 0 Å². The number of carbonyl (C=O) groups is 2. The van der Waals surface area contributed by atoms with Crippen molar-refractivity contribution in [3.8, 4) is 0 Å². The summed E-state index contributed by atoms with van der Waals surface area (Å²) in [6.45, 7) is 5.66. The molecule has 1 N–H and O–H groups in total. The van der Waals surface area contributed by atoms with Crippen LogP contribution in [0.2, 0.25) is 5.02 Å². The molecule has 0 bridgehead atoms. The third-order valence-electron chi connectivity index (χ3n) is 5.75. The minimum atomic E-state index is -4.07. The lowest BCUT2D eigenvalue weighted by atomic mass is 10.1. The van der Waals surface area contributed by atoms with Crippen molar-refractivity contribution in [2.24, 2.45) is 5.92 Å². The molecule has 0 heterocycles. The molecule has 0 radical (unpaired) electrons. The van der Waals surface area contributed by atoms with E-state index in [0.717, 1.165) is 9.87 Å². The van der Waals surface area contributed by atoms with Crippen LogP contribution in [-0.4, -0.2) is 44.3 Å². The zero-order chi connectivity index (χ0) is 27.0. The largest absolute Gasteiger partial charge is 0.354 e. The Morgan fingerprint density at radius 1 is 0.892 bits per heavy atom. The molecule has 3 aromatic rings. The van der Waals surface area contributed by atoms with E-state index < -0.39 is 28.5 Å². The number of benzene rings is 3. The number of para-hydroxylation sites is 1. The minimum absolute atomic E-state index is 0.0655. The van der Waals surface area contributed by atoms with Crippen LogP contribution < -0.4 is 9.62 Å². The van der Waals surface area contributed by atoms with Gasteiger partial charge in [0.15, 0.2) is 0 Å². The molecule has 0 fully saturated rings. The molecule has 0 saturated carbocycles. The van der Waals surface area contributed by atoms with E-state index >= 15 is 0 Å². The van der Waals surface area contributed by atoms with Gasteiger partial charge in [-0.3, -0.25) is 13.9 Å². The van der Waals surface area contributed by atoms with E-state index in [0.29, 0.717) is 17.3 Å². The number of halogens is 1. The summed E-state index contributed by atoms with van der Waals surface area (Å²) in [6, 6.07) is 22.6. The molecule has 3 aromatic carbocycles. The maximum atomic E-state index is 13.8. The van der Waals surface area contributed by atoms with Gasteiger partial charge in [0.1, 0.15) is 12.6 Å². The van der Waals surface area contributed by atoms with E-state index in [1.54, 1.807) is 79.7 Å². The molecule has 0 aliphatic rings. The predicted octanol–water partition coefficient (Wildman–Crippen LogP) is 4.72. The summed E-state index contributed by atoms with van der Waals surface area (Å²) in [7, 11) is -4.07. The number of sulfonamides is 1. The van der Waals surface area contributed by atoms with Crippen molar-refractivity contribution in [1.29, 1.82) is 0 Å². The second-order valence-corrected chi connectivity index (χ2v) is 11.4. The minimum Gasteiger partial charge on any atom is -0.354 e. The zero-order valence-electron chi connectivity index (χ0n) is 21.2. The Morgan fingerprint density at radius 3 is 2.11 bits per heavy atom. The Hall–Kier alpha value is -3.36. The molecule has 0 spiro atoms. The maximum absolute atomic E-state index is 13.8. The number of carbonyl (C=O) groups excluding carboxylic acids is 2. The fourth-order valence-electron chi connectivity index (χ4n) is 3.71. The van der Waals surface area contributed by atoms with Crippen LogP contribution in [0.4, 0.5) is 5.69 Å². The third-order valence-corrected chi connectivity index (χ3v) is 7.77. The first-order valence-corrected chi connectivity index (χ1v) is 13.9. The number of nitrogens with one attached hydrogen (secondary N) is 1. The van der Waals surface area contributed by atoms with Gasteiger partial charge >= 0.3 is 0 Å². The van der Waals surface area contributed by atoms with Crippen molar-refractivity contribution in [3.63, 3.8) is 0 Å². The molecular weight excluding hydrogens is 510 g/mol. The van der Waals surface area contributed by atoms with E-state index in [2.05, 4.69) is 5.32 Å². The molecule has 9 heteroatoms. The van der Waals surface area contributed by atoms with Crippen LogP contribution in [0.15, 0.2) is 89.8 Å². The number of nitrogens with zero attached hydrogens (tertiary/aromatic N) is 2. The zero-order valence-corrected chi connectivity index (χ0v) is 22.7.